The summed E-state index contributed by atoms with van der Waals surface area (Å²) < 4.78 is 27.8. The minimum atomic E-state index is -3.83. The fraction of sp³-hybridized carbons (Fsp3) is 0.250. The standard InChI is InChI=1S/C12H14N4O2S3/c1-12(2,11-15-6-7-20-11)16-21(17,18)8-4-3-5-14-9(8)10(13)19/h3-7,16H,1-2H3,(H2,13,19). The number of nitrogens with one attached hydrogen (secondary N) is 1. The summed E-state index contributed by atoms with van der Waals surface area (Å²) in [5, 5.41) is 2.45. The van der Waals surface area contributed by atoms with Crippen molar-refractivity contribution in [1.82, 2.24) is 14.7 Å². The van der Waals surface area contributed by atoms with Gasteiger partial charge in [-0.1, -0.05) is 12.2 Å². The molecule has 0 saturated heterocycles. The second-order valence-electron chi connectivity index (χ2n) is 4.78. The summed E-state index contributed by atoms with van der Waals surface area (Å²) in [6.45, 7) is 3.47. The van der Waals surface area contributed by atoms with Crippen LogP contribution in [0.3, 0.4) is 0 Å². The van der Waals surface area contributed by atoms with Crippen LogP contribution in [-0.2, 0) is 15.6 Å². The molecule has 0 saturated carbocycles. The van der Waals surface area contributed by atoms with Gasteiger partial charge in [0.05, 0.1) is 5.54 Å². The molecular formula is C12H14N4O2S3. The van der Waals surface area contributed by atoms with Crippen LogP contribution in [0.15, 0.2) is 34.8 Å². The summed E-state index contributed by atoms with van der Waals surface area (Å²) in [6.07, 6.45) is 3.07. The first-order valence-corrected chi connectivity index (χ1v) is 8.70. The first-order valence-electron chi connectivity index (χ1n) is 5.93. The van der Waals surface area contributed by atoms with E-state index < -0.39 is 15.6 Å². The summed E-state index contributed by atoms with van der Waals surface area (Å²) >= 11 is 6.22. The van der Waals surface area contributed by atoms with E-state index in [1.807, 2.05) is 0 Å². The lowest BCUT2D eigenvalue weighted by Gasteiger charge is -2.24. The maximum atomic E-state index is 12.6. The molecule has 0 aliphatic rings. The van der Waals surface area contributed by atoms with Gasteiger partial charge in [0.15, 0.2) is 0 Å². The highest BCUT2D eigenvalue weighted by Gasteiger charge is 2.31. The van der Waals surface area contributed by atoms with Gasteiger partial charge in [0.2, 0.25) is 10.0 Å². The zero-order chi connectivity index (χ0) is 15.7. The zero-order valence-corrected chi connectivity index (χ0v) is 13.8. The van der Waals surface area contributed by atoms with Crippen LogP contribution in [-0.4, -0.2) is 23.4 Å². The number of thiocarbonyl (C=S) groups is 1. The van der Waals surface area contributed by atoms with Crippen molar-refractivity contribution in [3.05, 3.63) is 40.6 Å². The van der Waals surface area contributed by atoms with Crippen molar-refractivity contribution in [3.63, 3.8) is 0 Å². The van der Waals surface area contributed by atoms with Crippen molar-refractivity contribution in [2.24, 2.45) is 5.73 Å². The van der Waals surface area contributed by atoms with E-state index in [2.05, 4.69) is 14.7 Å². The molecule has 3 N–H and O–H groups in total. The van der Waals surface area contributed by atoms with Gasteiger partial charge >= 0.3 is 0 Å². The van der Waals surface area contributed by atoms with Crippen molar-refractivity contribution in [3.8, 4) is 0 Å². The molecule has 2 aromatic heterocycles. The Morgan fingerprint density at radius 3 is 2.67 bits per heavy atom. The van der Waals surface area contributed by atoms with Crippen molar-refractivity contribution in [2.45, 2.75) is 24.3 Å². The van der Waals surface area contributed by atoms with E-state index in [0.29, 0.717) is 5.01 Å². The highest BCUT2D eigenvalue weighted by atomic mass is 32.2. The topological polar surface area (TPSA) is 98.0 Å². The average Bonchev–Trinajstić information content (AvgIpc) is 2.92. The Bertz CT molecular complexity index is 755. The van der Waals surface area contributed by atoms with Crippen molar-refractivity contribution in [2.75, 3.05) is 0 Å². The Labute approximate surface area is 132 Å². The highest BCUT2D eigenvalue weighted by Crippen LogP contribution is 2.25. The number of thiazole rings is 1. The molecule has 0 aromatic carbocycles. The van der Waals surface area contributed by atoms with Crippen LogP contribution in [0.4, 0.5) is 0 Å². The minimum Gasteiger partial charge on any atom is -0.388 e. The third kappa shape index (κ3) is 3.43. The smallest absolute Gasteiger partial charge is 0.243 e. The van der Waals surface area contributed by atoms with Gasteiger partial charge < -0.3 is 5.73 Å². The Balaban J connectivity index is 2.42. The van der Waals surface area contributed by atoms with Crippen LogP contribution < -0.4 is 10.5 Å². The monoisotopic (exact) mass is 342 g/mol. The van der Waals surface area contributed by atoms with Gasteiger partial charge in [0.1, 0.15) is 20.6 Å². The van der Waals surface area contributed by atoms with Crippen LogP contribution in [0.2, 0.25) is 0 Å². The number of nitrogens with two attached hydrogens (primary N) is 1. The Hall–Kier alpha value is -1.42. The van der Waals surface area contributed by atoms with Gasteiger partial charge in [-0.3, -0.25) is 4.98 Å². The minimum absolute atomic E-state index is 0.0397. The fourth-order valence-electron chi connectivity index (χ4n) is 1.76. The molecule has 0 aliphatic carbocycles. The molecule has 0 radical (unpaired) electrons. The number of hydrogen-bond donors (Lipinski definition) is 2. The molecule has 112 valence electrons. The van der Waals surface area contributed by atoms with Crippen LogP contribution in [0.5, 0.6) is 0 Å². The van der Waals surface area contributed by atoms with Gasteiger partial charge in [0.25, 0.3) is 0 Å². The molecule has 9 heteroatoms. The third-order valence-electron chi connectivity index (χ3n) is 2.65. The van der Waals surface area contributed by atoms with E-state index in [0.717, 1.165) is 0 Å². The van der Waals surface area contributed by atoms with Gasteiger partial charge in [-0.25, -0.2) is 13.4 Å². The average molecular weight is 342 g/mol. The highest BCUT2D eigenvalue weighted by molar-refractivity contribution is 7.89. The van der Waals surface area contributed by atoms with Crippen LogP contribution >= 0.6 is 23.6 Å². The SMILES string of the molecule is CC(C)(NS(=O)(=O)c1cccnc1C(N)=S)c1nccs1. The molecule has 21 heavy (non-hydrogen) atoms. The molecule has 6 nitrogen and oxygen atoms in total. The van der Waals surface area contributed by atoms with E-state index in [1.54, 1.807) is 25.4 Å². The second kappa shape index (κ2) is 5.76. The Kier molecular flexibility index (Phi) is 4.38. The van der Waals surface area contributed by atoms with Crippen molar-refractivity contribution < 1.29 is 8.42 Å². The lowest BCUT2D eigenvalue weighted by molar-refractivity contribution is 0.469. The lowest BCUT2D eigenvalue weighted by Crippen LogP contribution is -2.41. The van der Waals surface area contributed by atoms with Crippen LogP contribution in [0.25, 0.3) is 0 Å². The summed E-state index contributed by atoms with van der Waals surface area (Å²) in [6, 6.07) is 2.94. The summed E-state index contributed by atoms with van der Waals surface area (Å²) in [4.78, 5) is 7.98. The van der Waals surface area contributed by atoms with Crippen molar-refractivity contribution >= 4 is 38.6 Å². The van der Waals surface area contributed by atoms with E-state index in [9.17, 15) is 8.42 Å². The molecule has 0 bridgehead atoms. The van der Waals surface area contributed by atoms with Gasteiger partial charge in [0, 0.05) is 17.8 Å². The van der Waals surface area contributed by atoms with Gasteiger partial charge in [-0.15, -0.1) is 11.3 Å². The largest absolute Gasteiger partial charge is 0.388 e. The van der Waals surface area contributed by atoms with Crippen LogP contribution in [0, 0.1) is 0 Å². The number of rotatable bonds is 5. The Morgan fingerprint density at radius 2 is 2.10 bits per heavy atom. The maximum Gasteiger partial charge on any atom is 0.243 e. The summed E-state index contributed by atoms with van der Waals surface area (Å²) in [7, 11) is -3.83. The predicted octanol–water partition coefficient (Wildman–Crippen LogP) is 1.39. The second-order valence-corrected chi connectivity index (χ2v) is 7.77. The number of sulfonamides is 1. The van der Waals surface area contributed by atoms with Crippen molar-refractivity contribution in [1.29, 1.82) is 0 Å². The summed E-state index contributed by atoms with van der Waals surface area (Å²) in [5.41, 5.74) is 4.76. The molecule has 0 fully saturated rings. The fourth-order valence-corrected chi connectivity index (χ4v) is 4.32. The van der Waals surface area contributed by atoms with Gasteiger partial charge in [-0.05, 0) is 26.0 Å². The number of pyridine rings is 1. The number of aromatic nitrogens is 2. The molecule has 2 rings (SSSR count). The molecule has 0 amide bonds. The molecule has 2 aromatic rings. The normalized spacial score (nSPS) is 12.3. The molecule has 0 aliphatic heterocycles. The lowest BCUT2D eigenvalue weighted by atomic mass is 10.1. The van der Waals surface area contributed by atoms with E-state index in [4.69, 9.17) is 18.0 Å². The quantitative estimate of drug-likeness (QED) is 0.797. The van der Waals surface area contributed by atoms with E-state index >= 15 is 0 Å². The molecule has 0 unspecified atom stereocenters. The predicted molar refractivity (Wildman–Crippen MR) is 85.6 cm³/mol. The van der Waals surface area contributed by atoms with E-state index in [-0.39, 0.29) is 15.6 Å². The Morgan fingerprint density at radius 1 is 1.38 bits per heavy atom. The number of nitrogens with zero attached hydrogens (tertiary/aromatic N) is 2. The molecule has 2 heterocycles. The third-order valence-corrected chi connectivity index (χ3v) is 5.63. The first kappa shape index (κ1) is 16.0. The van der Waals surface area contributed by atoms with Crippen LogP contribution in [0.1, 0.15) is 24.5 Å². The zero-order valence-electron chi connectivity index (χ0n) is 11.4. The van der Waals surface area contributed by atoms with Gasteiger partial charge in [-0.2, -0.15) is 4.72 Å². The first-order chi connectivity index (χ1) is 9.74. The van der Waals surface area contributed by atoms with E-state index in [1.165, 1.54) is 29.7 Å². The summed E-state index contributed by atoms with van der Waals surface area (Å²) in [5.74, 6) is 0. The molecule has 0 spiro atoms. The molecule has 0 atom stereocenters. The molecular weight excluding hydrogens is 328 g/mol. The number of hydrogen-bond acceptors (Lipinski definition) is 6. The maximum absolute atomic E-state index is 12.6.